The van der Waals surface area contributed by atoms with Gasteiger partial charge in [0, 0.05) is 35.1 Å². The summed E-state index contributed by atoms with van der Waals surface area (Å²) >= 11 is 0. The van der Waals surface area contributed by atoms with E-state index in [1.54, 1.807) is 24.4 Å². The fraction of sp³-hybridized carbons (Fsp3) is 0.100. The van der Waals surface area contributed by atoms with E-state index >= 15 is 0 Å². The predicted octanol–water partition coefficient (Wildman–Crippen LogP) is 3.85. The predicted molar refractivity (Wildman–Crippen MR) is 97.7 cm³/mol. The van der Waals surface area contributed by atoms with Crippen molar-refractivity contribution in [1.29, 1.82) is 0 Å². The molecule has 0 spiro atoms. The molecular weight excluding hydrogens is 333 g/mol. The van der Waals surface area contributed by atoms with Crippen LogP contribution in [0.5, 0.6) is 0 Å². The van der Waals surface area contributed by atoms with Crippen LogP contribution in [0.4, 0.5) is 4.39 Å². The first-order valence-corrected chi connectivity index (χ1v) is 8.19. The average molecular weight is 349 g/mol. The molecule has 2 aromatic heterocycles. The van der Waals surface area contributed by atoms with Gasteiger partial charge in [-0.2, -0.15) is 0 Å². The molecule has 2 N–H and O–H groups in total. The Bertz CT molecular complexity index is 1160. The zero-order chi connectivity index (χ0) is 18.3. The monoisotopic (exact) mass is 349 g/mol. The van der Waals surface area contributed by atoms with Gasteiger partial charge >= 0.3 is 0 Å². The summed E-state index contributed by atoms with van der Waals surface area (Å²) in [6, 6.07) is 13.6. The van der Waals surface area contributed by atoms with Crippen molar-refractivity contribution in [3.8, 4) is 0 Å². The van der Waals surface area contributed by atoms with Gasteiger partial charge in [-0.25, -0.2) is 4.39 Å². The Morgan fingerprint density at radius 1 is 1.15 bits per heavy atom. The maximum Gasteiger partial charge on any atom is 0.253 e. The summed E-state index contributed by atoms with van der Waals surface area (Å²) in [5, 5.41) is 4.32. The topological polar surface area (TPSA) is 66.9 Å². The van der Waals surface area contributed by atoms with Crippen LogP contribution < -0.4 is 5.32 Å². The number of nitrogens with zero attached hydrogens (tertiary/aromatic N) is 1. The molecular formula is C20H16FN3O2. The molecule has 0 fully saturated rings. The highest BCUT2D eigenvalue weighted by Gasteiger charge is 2.16. The summed E-state index contributed by atoms with van der Waals surface area (Å²) in [5.74, 6) is -0.729. The Balaban J connectivity index is 1.60. The van der Waals surface area contributed by atoms with Crippen molar-refractivity contribution in [3.63, 3.8) is 0 Å². The third-order valence-electron chi connectivity index (χ3n) is 4.37. The number of carbonyl (C=O) groups excluding carboxylic acids is 2. The molecule has 0 saturated heterocycles. The average Bonchev–Trinajstić information content (AvgIpc) is 3.20. The van der Waals surface area contributed by atoms with E-state index in [0.717, 1.165) is 22.0 Å². The smallest absolute Gasteiger partial charge is 0.253 e. The molecule has 6 heteroatoms. The zero-order valence-electron chi connectivity index (χ0n) is 14.0. The normalized spacial score (nSPS) is 11.2. The van der Waals surface area contributed by atoms with E-state index in [9.17, 15) is 14.0 Å². The van der Waals surface area contributed by atoms with Crippen LogP contribution in [0, 0.1) is 5.82 Å². The van der Waals surface area contributed by atoms with Crippen molar-refractivity contribution < 1.29 is 14.0 Å². The first kappa shape index (κ1) is 16.1. The van der Waals surface area contributed by atoms with Gasteiger partial charge in [0.15, 0.2) is 0 Å². The standard InChI is InChI=1S/C20H16FN3O2/c1-12(25)24-11-17(16-4-2-3-5-19(16)24)20(26)22-10-15-9-13-8-14(21)6-7-18(13)23-15/h2-9,11,23H,10H2,1H3,(H,22,26). The Morgan fingerprint density at radius 3 is 2.77 bits per heavy atom. The van der Waals surface area contributed by atoms with Gasteiger partial charge in [0.2, 0.25) is 5.91 Å². The second-order valence-corrected chi connectivity index (χ2v) is 6.16. The van der Waals surface area contributed by atoms with Gasteiger partial charge in [0.1, 0.15) is 5.82 Å². The lowest BCUT2D eigenvalue weighted by atomic mass is 10.1. The molecule has 2 heterocycles. The second kappa shape index (κ2) is 6.15. The van der Waals surface area contributed by atoms with Gasteiger partial charge in [-0.1, -0.05) is 18.2 Å². The van der Waals surface area contributed by atoms with Crippen LogP contribution in [0.1, 0.15) is 27.8 Å². The SMILES string of the molecule is CC(=O)n1cc(C(=O)NCc2cc3cc(F)ccc3[nH]2)c2ccccc21. The van der Waals surface area contributed by atoms with Crippen molar-refractivity contribution in [2.45, 2.75) is 13.5 Å². The summed E-state index contributed by atoms with van der Waals surface area (Å²) in [7, 11) is 0. The van der Waals surface area contributed by atoms with Crippen LogP contribution in [0.15, 0.2) is 54.7 Å². The van der Waals surface area contributed by atoms with E-state index in [2.05, 4.69) is 10.3 Å². The fourth-order valence-electron chi connectivity index (χ4n) is 3.15. The Morgan fingerprint density at radius 2 is 1.96 bits per heavy atom. The van der Waals surface area contributed by atoms with Crippen molar-refractivity contribution in [2.24, 2.45) is 0 Å². The Hall–Kier alpha value is -3.41. The van der Waals surface area contributed by atoms with Crippen LogP contribution in [-0.2, 0) is 6.54 Å². The number of para-hydroxylation sites is 1. The summed E-state index contributed by atoms with van der Waals surface area (Å²) in [6.45, 7) is 1.73. The van der Waals surface area contributed by atoms with Crippen LogP contribution >= 0.6 is 0 Å². The number of nitrogens with one attached hydrogen (secondary N) is 2. The van der Waals surface area contributed by atoms with Crippen molar-refractivity contribution in [2.75, 3.05) is 0 Å². The molecule has 0 aliphatic rings. The maximum absolute atomic E-state index is 13.3. The zero-order valence-corrected chi connectivity index (χ0v) is 14.0. The molecule has 0 radical (unpaired) electrons. The number of hydrogen-bond acceptors (Lipinski definition) is 2. The molecule has 5 nitrogen and oxygen atoms in total. The molecule has 0 aliphatic heterocycles. The molecule has 0 bridgehead atoms. The molecule has 0 aliphatic carbocycles. The number of halogens is 1. The molecule has 130 valence electrons. The van der Waals surface area contributed by atoms with Crippen molar-refractivity contribution >= 4 is 33.6 Å². The molecule has 0 saturated carbocycles. The van der Waals surface area contributed by atoms with E-state index < -0.39 is 0 Å². The number of rotatable bonds is 3. The number of hydrogen-bond donors (Lipinski definition) is 2. The lowest BCUT2D eigenvalue weighted by molar-refractivity contribution is 0.0941. The Labute approximate surface area is 148 Å². The third kappa shape index (κ3) is 2.75. The van der Waals surface area contributed by atoms with Crippen molar-refractivity contribution in [3.05, 3.63) is 71.8 Å². The molecule has 4 aromatic rings. The first-order valence-electron chi connectivity index (χ1n) is 8.19. The molecule has 4 rings (SSSR count). The van der Waals surface area contributed by atoms with Gasteiger partial charge in [0.05, 0.1) is 17.6 Å². The number of benzene rings is 2. The number of fused-ring (bicyclic) bond motifs is 2. The molecule has 0 atom stereocenters. The van der Waals surface area contributed by atoms with E-state index in [1.807, 2.05) is 18.2 Å². The van der Waals surface area contributed by atoms with Crippen LogP contribution in [0.25, 0.3) is 21.8 Å². The minimum atomic E-state index is -0.302. The summed E-state index contributed by atoms with van der Waals surface area (Å²) in [4.78, 5) is 27.6. The maximum atomic E-state index is 13.3. The van der Waals surface area contributed by atoms with E-state index in [0.29, 0.717) is 11.1 Å². The number of carbonyl (C=O) groups is 2. The minimum absolute atomic E-state index is 0.155. The molecule has 26 heavy (non-hydrogen) atoms. The van der Waals surface area contributed by atoms with Gasteiger partial charge in [0.25, 0.3) is 5.91 Å². The number of H-pyrrole nitrogens is 1. The largest absolute Gasteiger partial charge is 0.357 e. The second-order valence-electron chi connectivity index (χ2n) is 6.16. The minimum Gasteiger partial charge on any atom is -0.357 e. The van der Waals surface area contributed by atoms with E-state index in [-0.39, 0.29) is 24.2 Å². The highest BCUT2D eigenvalue weighted by Crippen LogP contribution is 2.22. The third-order valence-corrected chi connectivity index (χ3v) is 4.37. The van der Waals surface area contributed by atoms with Crippen molar-refractivity contribution in [1.82, 2.24) is 14.9 Å². The van der Waals surface area contributed by atoms with Crippen LogP contribution in [-0.4, -0.2) is 21.4 Å². The van der Waals surface area contributed by atoms with Gasteiger partial charge in [-0.15, -0.1) is 0 Å². The summed E-state index contributed by atoms with van der Waals surface area (Å²) in [6.07, 6.45) is 1.56. The summed E-state index contributed by atoms with van der Waals surface area (Å²) < 4.78 is 14.8. The van der Waals surface area contributed by atoms with E-state index in [4.69, 9.17) is 0 Å². The highest BCUT2D eigenvalue weighted by molar-refractivity contribution is 6.09. The van der Waals surface area contributed by atoms with Crippen LogP contribution in [0.2, 0.25) is 0 Å². The van der Waals surface area contributed by atoms with Crippen LogP contribution in [0.3, 0.4) is 0 Å². The fourth-order valence-corrected chi connectivity index (χ4v) is 3.15. The quantitative estimate of drug-likeness (QED) is 0.590. The van der Waals surface area contributed by atoms with Gasteiger partial charge in [-0.05, 0) is 30.3 Å². The lowest BCUT2D eigenvalue weighted by Gasteiger charge is -2.02. The van der Waals surface area contributed by atoms with E-state index in [1.165, 1.54) is 23.6 Å². The summed E-state index contributed by atoms with van der Waals surface area (Å²) in [5.41, 5.74) is 2.72. The number of aromatic amines is 1. The highest BCUT2D eigenvalue weighted by atomic mass is 19.1. The molecule has 2 aromatic carbocycles. The first-order chi connectivity index (χ1) is 12.5. The van der Waals surface area contributed by atoms with Gasteiger partial charge in [-0.3, -0.25) is 14.2 Å². The number of aromatic nitrogens is 2. The number of amides is 1. The van der Waals surface area contributed by atoms with Gasteiger partial charge < -0.3 is 10.3 Å². The Kier molecular flexibility index (Phi) is 3.80. The lowest BCUT2D eigenvalue weighted by Crippen LogP contribution is -2.22. The molecule has 0 unspecified atom stereocenters. The molecule has 1 amide bonds.